The highest BCUT2D eigenvalue weighted by atomic mass is 79.9. The molecule has 0 atom stereocenters. The topological polar surface area (TPSA) is 0 Å². The van der Waals surface area contributed by atoms with Crippen LogP contribution in [0.15, 0.2) is 22.6 Å². The minimum absolute atomic E-state index is 0.606. The molecule has 0 N–H and O–H groups in total. The van der Waals surface area contributed by atoms with Gasteiger partial charge in [0.15, 0.2) is 0 Å². The summed E-state index contributed by atoms with van der Waals surface area (Å²) in [5, 5.41) is 0. The zero-order valence-electron chi connectivity index (χ0n) is 8.39. The first-order valence-corrected chi connectivity index (χ1v) is 3.49. The minimum atomic E-state index is -5.01. The number of hydrogen-bond donors (Lipinski definition) is 0. The van der Waals surface area contributed by atoms with Crippen molar-refractivity contribution in [2.75, 3.05) is 0 Å². The molecule has 1 aromatic rings. The molecule has 5 heteroatoms. The monoisotopic (exact) mass is 245 g/mol. The largest absolute Gasteiger partial charge is 0.416 e. The number of hydrogen-bond acceptors (Lipinski definition) is 0. The normalized spacial score (nSPS) is 15.2. The quantitative estimate of drug-likeness (QED) is 0.613. The van der Waals surface area contributed by atoms with Crippen LogP contribution in [0.2, 0.25) is 0 Å². The molecule has 0 unspecified atom stereocenters. The van der Waals surface area contributed by atoms with E-state index in [1.54, 1.807) is 0 Å². The molecule has 66 valence electrons. The molecule has 0 heterocycles. The molecule has 0 aliphatic carbocycles. The molecule has 0 spiro atoms. The molecule has 0 fully saturated rings. The number of benzene rings is 1. The molecule has 12 heavy (non-hydrogen) atoms. The average molecular weight is 246 g/mol. The van der Waals surface area contributed by atoms with Gasteiger partial charge in [-0.2, -0.15) is 13.2 Å². The fraction of sp³-hybridized carbons (Fsp3) is 0.143. The first-order valence-electron chi connectivity index (χ1n) is 4.19. The van der Waals surface area contributed by atoms with Gasteiger partial charge in [0.1, 0.15) is 5.82 Å². The highest BCUT2D eigenvalue weighted by Gasteiger charge is 2.30. The van der Waals surface area contributed by atoms with Crippen LogP contribution in [-0.4, -0.2) is 0 Å². The van der Waals surface area contributed by atoms with Crippen LogP contribution in [0, 0.1) is 5.82 Å². The van der Waals surface area contributed by atoms with E-state index in [2.05, 4.69) is 15.9 Å². The Balaban J connectivity index is 3.68. The molecule has 0 aromatic heterocycles. The molecule has 0 aliphatic rings. The van der Waals surface area contributed by atoms with Gasteiger partial charge in [0.2, 0.25) is 0 Å². The Morgan fingerprint density at radius 2 is 1.92 bits per heavy atom. The Morgan fingerprint density at radius 3 is 2.42 bits per heavy atom. The van der Waals surface area contributed by atoms with Crippen molar-refractivity contribution in [3.8, 4) is 0 Å². The van der Waals surface area contributed by atoms with Gasteiger partial charge in [-0.25, -0.2) is 4.39 Å². The summed E-state index contributed by atoms with van der Waals surface area (Å²) in [5.74, 6) is -1.48. The van der Waals surface area contributed by atoms with Crippen LogP contribution < -0.4 is 0 Å². The third-order valence-corrected chi connectivity index (χ3v) is 1.55. The van der Waals surface area contributed by atoms with Gasteiger partial charge < -0.3 is 0 Å². The second kappa shape index (κ2) is 3.05. The summed E-state index contributed by atoms with van der Waals surface area (Å²) in [6.07, 6.45) is -5.01. The third kappa shape index (κ3) is 1.97. The summed E-state index contributed by atoms with van der Waals surface area (Å²) in [4.78, 5) is 0. The van der Waals surface area contributed by atoms with E-state index in [1.165, 1.54) is 0 Å². The lowest BCUT2D eigenvalue weighted by molar-refractivity contribution is -0.137. The van der Waals surface area contributed by atoms with E-state index in [9.17, 15) is 17.6 Å². The van der Waals surface area contributed by atoms with E-state index >= 15 is 0 Å². The highest BCUT2D eigenvalue weighted by Crippen LogP contribution is 2.31. The molecular formula is C7H3BrF4. The van der Waals surface area contributed by atoms with Crippen molar-refractivity contribution in [1.82, 2.24) is 0 Å². The molecule has 1 aromatic carbocycles. The second-order valence-electron chi connectivity index (χ2n) is 1.88. The van der Waals surface area contributed by atoms with Crippen molar-refractivity contribution in [2.45, 2.75) is 6.18 Å². The maximum atomic E-state index is 13.0. The first kappa shape index (κ1) is 5.96. The molecule has 1 rings (SSSR count). The van der Waals surface area contributed by atoms with E-state index in [0.717, 1.165) is 0 Å². The maximum absolute atomic E-state index is 13.0. The van der Waals surface area contributed by atoms with Crippen LogP contribution in [0.25, 0.3) is 0 Å². The van der Waals surface area contributed by atoms with Crippen molar-refractivity contribution in [2.24, 2.45) is 0 Å². The van der Waals surface area contributed by atoms with E-state index in [1.807, 2.05) is 0 Å². The summed E-state index contributed by atoms with van der Waals surface area (Å²) in [7, 11) is 0. The van der Waals surface area contributed by atoms with Crippen molar-refractivity contribution in [3.05, 3.63) is 34.0 Å². The van der Waals surface area contributed by atoms with Crippen LogP contribution in [0.5, 0.6) is 0 Å². The molecular weight excluding hydrogens is 240 g/mol. The van der Waals surface area contributed by atoms with Gasteiger partial charge in [0.05, 0.1) is 14.1 Å². The van der Waals surface area contributed by atoms with Crippen molar-refractivity contribution in [1.29, 1.82) is 0 Å². The Kier molecular flexibility index (Phi) is 1.51. The lowest BCUT2D eigenvalue weighted by Gasteiger charge is -2.06. The number of rotatable bonds is 0. The zero-order chi connectivity index (χ0) is 12.0. The summed E-state index contributed by atoms with van der Waals surface area (Å²) >= 11 is 2.51. The van der Waals surface area contributed by atoms with Crippen molar-refractivity contribution in [3.63, 3.8) is 0 Å². The molecule has 0 aliphatic heterocycles. The number of halogens is 5. The van der Waals surface area contributed by atoms with E-state index < -0.39 is 40.2 Å². The lowest BCUT2D eigenvalue weighted by atomic mass is 10.2. The van der Waals surface area contributed by atoms with Gasteiger partial charge >= 0.3 is 6.18 Å². The zero-order valence-corrected chi connectivity index (χ0v) is 6.98. The van der Waals surface area contributed by atoms with Gasteiger partial charge in [-0.15, -0.1) is 0 Å². The average Bonchev–Trinajstić information content (AvgIpc) is 2.09. The predicted molar refractivity (Wildman–Crippen MR) is 39.1 cm³/mol. The second-order valence-corrected chi connectivity index (χ2v) is 2.67. The Morgan fingerprint density at radius 1 is 1.33 bits per heavy atom. The highest BCUT2D eigenvalue weighted by molar-refractivity contribution is 9.10. The SMILES string of the molecule is [2H]c1c([2H])c(C(F)(F)F)c([2H])c(F)c1Br. The standard InChI is InChI=1S/C7H3BrF4/c8-5-2-1-4(3-6(5)9)7(10,11)12/h1-3H/i1D,2D,3D. The van der Waals surface area contributed by atoms with Gasteiger partial charge in [-0.3, -0.25) is 0 Å². The van der Waals surface area contributed by atoms with E-state index in [-0.39, 0.29) is 0 Å². The fourth-order valence-corrected chi connectivity index (χ4v) is 0.708. The third-order valence-electron chi connectivity index (χ3n) is 1.01. The van der Waals surface area contributed by atoms with Gasteiger partial charge in [0.25, 0.3) is 0 Å². The van der Waals surface area contributed by atoms with Gasteiger partial charge in [0, 0.05) is 0 Å². The first-order chi connectivity index (χ1) is 6.68. The van der Waals surface area contributed by atoms with Crippen molar-refractivity contribution >= 4 is 15.9 Å². The van der Waals surface area contributed by atoms with Gasteiger partial charge in [-0.05, 0) is 34.1 Å². The Bertz CT molecular complexity index is 387. The van der Waals surface area contributed by atoms with Crippen LogP contribution in [0.1, 0.15) is 9.68 Å². The summed E-state index contributed by atoms with van der Waals surface area (Å²) < 4.78 is 70.3. The minimum Gasteiger partial charge on any atom is -0.206 e. The van der Waals surface area contributed by atoms with Crippen LogP contribution in [0.3, 0.4) is 0 Å². The smallest absolute Gasteiger partial charge is 0.206 e. The van der Waals surface area contributed by atoms with Gasteiger partial charge in [-0.1, -0.05) is 0 Å². The molecule has 0 saturated carbocycles. The van der Waals surface area contributed by atoms with Crippen LogP contribution in [-0.2, 0) is 6.18 Å². The number of alkyl halides is 3. The molecule has 0 radical (unpaired) electrons. The summed E-state index contributed by atoms with van der Waals surface area (Å²) in [6, 6.07) is -3.55. The van der Waals surface area contributed by atoms with E-state index in [4.69, 9.17) is 4.11 Å². The van der Waals surface area contributed by atoms with Crippen LogP contribution >= 0.6 is 15.9 Å². The molecule has 0 nitrogen and oxygen atoms in total. The molecule has 0 bridgehead atoms. The summed E-state index contributed by atoms with van der Waals surface area (Å²) in [6.45, 7) is 0. The van der Waals surface area contributed by atoms with Crippen molar-refractivity contribution < 1.29 is 21.7 Å². The molecule has 0 saturated heterocycles. The lowest BCUT2D eigenvalue weighted by Crippen LogP contribution is -2.04. The summed E-state index contributed by atoms with van der Waals surface area (Å²) in [5.41, 5.74) is -1.73. The fourth-order valence-electron chi connectivity index (χ4n) is 0.510. The van der Waals surface area contributed by atoms with E-state index in [0.29, 0.717) is 0 Å². The molecule has 0 amide bonds. The Labute approximate surface area is 78.5 Å². The maximum Gasteiger partial charge on any atom is 0.416 e. The van der Waals surface area contributed by atoms with Crippen LogP contribution in [0.4, 0.5) is 17.6 Å². The Hall–Kier alpha value is -0.580. The predicted octanol–water partition coefficient (Wildman–Crippen LogP) is 3.61.